The van der Waals surface area contributed by atoms with Gasteiger partial charge in [0, 0.05) is 29.6 Å². The molecule has 2 heterocycles. The molecule has 0 bridgehead atoms. The second kappa shape index (κ2) is 7.39. The zero-order valence-corrected chi connectivity index (χ0v) is 14.6. The third-order valence-electron chi connectivity index (χ3n) is 4.84. The summed E-state index contributed by atoms with van der Waals surface area (Å²) in [5, 5.41) is 11.5. The minimum atomic E-state index is -0.434. The van der Waals surface area contributed by atoms with Crippen molar-refractivity contribution in [1.29, 1.82) is 0 Å². The molecule has 2 fully saturated rings. The van der Waals surface area contributed by atoms with E-state index in [0.717, 1.165) is 18.7 Å². The average molecular weight is 357 g/mol. The van der Waals surface area contributed by atoms with Gasteiger partial charge in [-0.05, 0) is 50.0 Å². The Morgan fingerprint density at radius 3 is 2.65 bits per heavy atom. The molecule has 2 saturated heterocycles. The van der Waals surface area contributed by atoms with Gasteiger partial charge in [0.05, 0.1) is 12.1 Å². The molecule has 0 aromatic heterocycles. The molecule has 2 atom stereocenters. The number of likely N-dealkylation sites (tertiary alicyclic amines) is 2. The van der Waals surface area contributed by atoms with Crippen LogP contribution in [0, 0.1) is 0 Å². The monoisotopic (exact) mass is 356 g/mol. The summed E-state index contributed by atoms with van der Waals surface area (Å²) in [6.45, 7) is 3.14. The Kier molecular flexibility index (Phi) is 5.47. The van der Waals surface area contributed by atoms with Crippen LogP contribution in [0.4, 0.5) is 0 Å². The topological polar surface area (TPSA) is 43.8 Å². The SMILES string of the molecule is O=C(CCc1ccc(Cl)cc1Cl)N1C[C@@H](O)[C@@H](N2CCCC2)C1. The molecule has 2 aliphatic heterocycles. The lowest BCUT2D eigenvalue weighted by atomic mass is 10.1. The summed E-state index contributed by atoms with van der Waals surface area (Å²) in [7, 11) is 0. The van der Waals surface area contributed by atoms with Crippen molar-refractivity contribution in [1.82, 2.24) is 9.80 Å². The molecule has 126 valence electrons. The van der Waals surface area contributed by atoms with Gasteiger partial charge >= 0.3 is 0 Å². The summed E-state index contributed by atoms with van der Waals surface area (Å²) >= 11 is 12.0. The summed E-state index contributed by atoms with van der Waals surface area (Å²) < 4.78 is 0. The molecule has 0 unspecified atom stereocenters. The van der Waals surface area contributed by atoms with Gasteiger partial charge in [-0.3, -0.25) is 9.69 Å². The van der Waals surface area contributed by atoms with Gasteiger partial charge < -0.3 is 10.0 Å². The molecule has 1 aromatic carbocycles. The molecule has 1 N–H and O–H groups in total. The first-order chi connectivity index (χ1) is 11.0. The number of carbonyl (C=O) groups is 1. The van der Waals surface area contributed by atoms with Crippen LogP contribution in [-0.4, -0.2) is 59.1 Å². The van der Waals surface area contributed by atoms with Crippen molar-refractivity contribution in [3.8, 4) is 0 Å². The van der Waals surface area contributed by atoms with E-state index in [2.05, 4.69) is 4.90 Å². The van der Waals surface area contributed by atoms with Crippen molar-refractivity contribution >= 4 is 29.1 Å². The molecule has 1 aromatic rings. The van der Waals surface area contributed by atoms with Gasteiger partial charge in [0.25, 0.3) is 0 Å². The van der Waals surface area contributed by atoms with E-state index in [1.165, 1.54) is 12.8 Å². The fourth-order valence-electron chi connectivity index (χ4n) is 3.53. The van der Waals surface area contributed by atoms with Crippen LogP contribution in [0.5, 0.6) is 0 Å². The Hall–Kier alpha value is -0.810. The van der Waals surface area contributed by atoms with Crippen LogP contribution in [0.25, 0.3) is 0 Å². The summed E-state index contributed by atoms with van der Waals surface area (Å²) in [5.41, 5.74) is 0.931. The number of aliphatic hydroxyl groups is 1. The van der Waals surface area contributed by atoms with Gasteiger partial charge in [-0.1, -0.05) is 29.3 Å². The summed E-state index contributed by atoms with van der Waals surface area (Å²) in [5.74, 6) is 0.0803. The lowest BCUT2D eigenvalue weighted by molar-refractivity contribution is -0.130. The van der Waals surface area contributed by atoms with Crippen LogP contribution in [-0.2, 0) is 11.2 Å². The van der Waals surface area contributed by atoms with Crippen LogP contribution in [0.2, 0.25) is 10.0 Å². The zero-order valence-electron chi connectivity index (χ0n) is 13.0. The largest absolute Gasteiger partial charge is 0.390 e. The smallest absolute Gasteiger partial charge is 0.223 e. The summed E-state index contributed by atoms with van der Waals surface area (Å²) in [6.07, 6.45) is 2.94. The molecule has 1 amide bonds. The predicted molar refractivity (Wildman–Crippen MR) is 92.0 cm³/mol. The number of nitrogens with zero attached hydrogens (tertiary/aromatic N) is 2. The Bertz CT molecular complexity index is 576. The highest BCUT2D eigenvalue weighted by atomic mass is 35.5. The molecule has 4 nitrogen and oxygen atoms in total. The summed E-state index contributed by atoms with van der Waals surface area (Å²) in [6, 6.07) is 5.45. The minimum Gasteiger partial charge on any atom is -0.390 e. The second-order valence-electron chi connectivity index (χ2n) is 6.41. The lowest BCUT2D eigenvalue weighted by Gasteiger charge is -2.25. The maximum Gasteiger partial charge on any atom is 0.223 e. The van der Waals surface area contributed by atoms with Crippen molar-refractivity contribution in [3.05, 3.63) is 33.8 Å². The van der Waals surface area contributed by atoms with E-state index in [-0.39, 0.29) is 11.9 Å². The molecular formula is C17H22Cl2N2O2. The van der Waals surface area contributed by atoms with E-state index < -0.39 is 6.10 Å². The third kappa shape index (κ3) is 4.00. The maximum atomic E-state index is 12.4. The summed E-state index contributed by atoms with van der Waals surface area (Å²) in [4.78, 5) is 16.5. The number of aryl methyl sites for hydroxylation is 1. The Morgan fingerprint density at radius 2 is 1.96 bits per heavy atom. The lowest BCUT2D eigenvalue weighted by Crippen LogP contribution is -2.41. The van der Waals surface area contributed by atoms with Crippen LogP contribution in [0.1, 0.15) is 24.8 Å². The van der Waals surface area contributed by atoms with Crippen molar-refractivity contribution in [2.24, 2.45) is 0 Å². The fourth-order valence-corrected chi connectivity index (χ4v) is 4.03. The van der Waals surface area contributed by atoms with E-state index in [9.17, 15) is 9.90 Å². The Labute approximate surface area is 147 Å². The standard InChI is InChI=1S/C17H22Cl2N2O2/c18-13-5-3-12(14(19)9-13)4-6-17(23)21-10-15(16(22)11-21)20-7-1-2-8-20/h3,5,9,15-16,22H,1-2,4,6-8,10-11H2/t15-,16+/m0/s1. The van der Waals surface area contributed by atoms with Crippen LogP contribution in [0.3, 0.4) is 0 Å². The molecule has 0 saturated carbocycles. The van der Waals surface area contributed by atoms with Crippen LogP contribution in [0.15, 0.2) is 18.2 Å². The number of carbonyl (C=O) groups excluding carboxylic acids is 1. The molecule has 6 heteroatoms. The molecule has 2 aliphatic rings. The number of hydrogen-bond acceptors (Lipinski definition) is 3. The Balaban J connectivity index is 1.54. The highest BCUT2D eigenvalue weighted by Crippen LogP contribution is 2.24. The first kappa shape index (κ1) is 17.0. The molecule has 3 rings (SSSR count). The van der Waals surface area contributed by atoms with Crippen molar-refractivity contribution < 1.29 is 9.90 Å². The van der Waals surface area contributed by atoms with E-state index in [1.54, 1.807) is 17.0 Å². The molecular weight excluding hydrogens is 335 g/mol. The molecule has 23 heavy (non-hydrogen) atoms. The van der Waals surface area contributed by atoms with Gasteiger partial charge in [-0.25, -0.2) is 0 Å². The van der Waals surface area contributed by atoms with Gasteiger partial charge in [0.2, 0.25) is 5.91 Å². The van der Waals surface area contributed by atoms with E-state index in [1.807, 2.05) is 6.07 Å². The number of aliphatic hydroxyl groups excluding tert-OH is 1. The number of amides is 1. The number of benzene rings is 1. The van der Waals surface area contributed by atoms with Crippen molar-refractivity contribution in [3.63, 3.8) is 0 Å². The number of rotatable bonds is 4. The van der Waals surface area contributed by atoms with Crippen molar-refractivity contribution in [2.75, 3.05) is 26.2 Å². The fraction of sp³-hybridized carbons (Fsp3) is 0.588. The number of hydrogen-bond donors (Lipinski definition) is 1. The Morgan fingerprint density at radius 1 is 1.22 bits per heavy atom. The van der Waals surface area contributed by atoms with Gasteiger partial charge in [0.1, 0.15) is 0 Å². The van der Waals surface area contributed by atoms with E-state index in [0.29, 0.717) is 36.0 Å². The second-order valence-corrected chi connectivity index (χ2v) is 7.26. The first-order valence-electron chi connectivity index (χ1n) is 8.18. The predicted octanol–water partition coefficient (Wildman–Crippen LogP) is 2.59. The zero-order chi connectivity index (χ0) is 16.4. The molecule has 0 radical (unpaired) electrons. The number of β-amino-alcohol motifs (C(OH)–C–C–N with tert-alkyl or cyclic N) is 1. The normalized spacial score (nSPS) is 25.3. The maximum absolute atomic E-state index is 12.4. The average Bonchev–Trinajstić information content (AvgIpc) is 3.15. The van der Waals surface area contributed by atoms with Crippen LogP contribution >= 0.6 is 23.2 Å². The van der Waals surface area contributed by atoms with E-state index >= 15 is 0 Å². The van der Waals surface area contributed by atoms with Crippen molar-refractivity contribution in [2.45, 2.75) is 37.8 Å². The highest BCUT2D eigenvalue weighted by molar-refractivity contribution is 6.35. The minimum absolute atomic E-state index is 0.0803. The van der Waals surface area contributed by atoms with Crippen LogP contribution < -0.4 is 0 Å². The van der Waals surface area contributed by atoms with Gasteiger partial charge in [-0.15, -0.1) is 0 Å². The molecule has 0 aliphatic carbocycles. The quantitative estimate of drug-likeness (QED) is 0.901. The number of halogens is 2. The van der Waals surface area contributed by atoms with E-state index in [4.69, 9.17) is 23.2 Å². The first-order valence-corrected chi connectivity index (χ1v) is 8.94. The van der Waals surface area contributed by atoms with Gasteiger partial charge in [-0.2, -0.15) is 0 Å². The van der Waals surface area contributed by atoms with Gasteiger partial charge in [0.15, 0.2) is 0 Å². The highest BCUT2D eigenvalue weighted by Gasteiger charge is 2.38. The molecule has 0 spiro atoms. The third-order valence-corrected chi connectivity index (χ3v) is 5.43.